The van der Waals surface area contributed by atoms with Crippen molar-refractivity contribution in [3.63, 3.8) is 0 Å². The Bertz CT molecular complexity index is 605. The average molecular weight is 328 g/mol. The zero-order valence-corrected chi connectivity index (χ0v) is 14.7. The van der Waals surface area contributed by atoms with Gasteiger partial charge in [-0.3, -0.25) is 0 Å². The molecule has 2 N–H and O–H groups in total. The lowest BCUT2D eigenvalue weighted by Crippen LogP contribution is -2.61. The fourth-order valence-corrected chi connectivity index (χ4v) is 5.69. The van der Waals surface area contributed by atoms with E-state index >= 15 is 0 Å². The summed E-state index contributed by atoms with van der Waals surface area (Å²) in [5.41, 5.74) is 2.36. The summed E-state index contributed by atoms with van der Waals surface area (Å²) in [4.78, 5) is 12.4. The Labute approximate surface area is 144 Å². The summed E-state index contributed by atoms with van der Waals surface area (Å²) in [5, 5.41) is 6.18. The van der Waals surface area contributed by atoms with E-state index in [1.54, 1.807) is 0 Å². The van der Waals surface area contributed by atoms with Crippen LogP contribution in [0.1, 0.15) is 49.7 Å². The van der Waals surface area contributed by atoms with Crippen LogP contribution in [0.25, 0.3) is 0 Å². The van der Waals surface area contributed by atoms with E-state index in [-0.39, 0.29) is 18.3 Å². The predicted octanol–water partition coefficient (Wildman–Crippen LogP) is 3.91. The Balaban J connectivity index is 1.29. The Morgan fingerprint density at radius 3 is 2.33 bits per heavy atom. The number of carbonyl (C=O) groups is 1. The van der Waals surface area contributed by atoms with Crippen LogP contribution in [0.3, 0.4) is 0 Å². The maximum absolute atomic E-state index is 12.4. The quantitative estimate of drug-likeness (QED) is 0.823. The van der Waals surface area contributed by atoms with Gasteiger partial charge in [-0.25, -0.2) is 4.79 Å². The number of rotatable bonds is 4. The topological polar surface area (TPSA) is 50.4 Å². The van der Waals surface area contributed by atoms with Gasteiger partial charge in [0.1, 0.15) is 5.75 Å². The number of carbonyl (C=O) groups excluding carboxylic acids is 1. The molecule has 4 nitrogen and oxygen atoms in total. The normalized spacial score (nSPS) is 33.3. The summed E-state index contributed by atoms with van der Waals surface area (Å²) >= 11 is 0. The van der Waals surface area contributed by atoms with Crippen LogP contribution in [0.5, 0.6) is 5.75 Å². The first-order valence-corrected chi connectivity index (χ1v) is 9.27. The predicted molar refractivity (Wildman–Crippen MR) is 94.0 cm³/mol. The van der Waals surface area contributed by atoms with Crippen LogP contribution in [0.15, 0.2) is 18.2 Å². The molecule has 5 rings (SSSR count). The SMILES string of the molecule is Cc1ccc(OCNC(=O)NC23CC4CC(CC(C4)C2)C3)c(C)c1. The highest BCUT2D eigenvalue weighted by atomic mass is 16.5. The van der Waals surface area contributed by atoms with Gasteiger partial charge in [0.05, 0.1) is 0 Å². The van der Waals surface area contributed by atoms with Crippen molar-refractivity contribution in [1.29, 1.82) is 0 Å². The maximum atomic E-state index is 12.4. The summed E-state index contributed by atoms with van der Waals surface area (Å²) < 4.78 is 5.71. The number of urea groups is 1. The zero-order chi connectivity index (χ0) is 16.7. The van der Waals surface area contributed by atoms with Crippen molar-refractivity contribution in [1.82, 2.24) is 10.6 Å². The molecule has 24 heavy (non-hydrogen) atoms. The molecule has 4 bridgehead atoms. The first kappa shape index (κ1) is 15.8. The molecule has 0 radical (unpaired) electrons. The molecule has 4 aliphatic carbocycles. The molecule has 0 spiro atoms. The highest BCUT2D eigenvalue weighted by molar-refractivity contribution is 5.74. The highest BCUT2D eigenvalue weighted by Crippen LogP contribution is 2.55. The minimum atomic E-state index is -0.0817. The van der Waals surface area contributed by atoms with Gasteiger partial charge in [0, 0.05) is 5.54 Å². The lowest BCUT2D eigenvalue weighted by atomic mass is 9.53. The Hall–Kier alpha value is -1.71. The standard InChI is InChI=1S/C20H28N2O2/c1-13-3-4-18(14(2)5-13)24-12-21-19(23)22-20-9-15-6-16(10-20)8-17(7-15)11-20/h3-5,15-17H,6-12H2,1-2H3,(H2,21,22,23). The lowest BCUT2D eigenvalue weighted by Gasteiger charge is -2.56. The summed E-state index contributed by atoms with van der Waals surface area (Å²) in [7, 11) is 0. The van der Waals surface area contributed by atoms with Gasteiger partial charge >= 0.3 is 6.03 Å². The second-order valence-corrected chi connectivity index (χ2v) is 8.39. The van der Waals surface area contributed by atoms with Gasteiger partial charge in [0.25, 0.3) is 0 Å². The van der Waals surface area contributed by atoms with Crippen molar-refractivity contribution in [2.75, 3.05) is 6.73 Å². The van der Waals surface area contributed by atoms with Crippen LogP contribution in [0.4, 0.5) is 4.79 Å². The van der Waals surface area contributed by atoms with E-state index in [1.807, 2.05) is 19.1 Å². The van der Waals surface area contributed by atoms with E-state index in [9.17, 15) is 4.79 Å². The van der Waals surface area contributed by atoms with Crippen LogP contribution in [-0.2, 0) is 0 Å². The smallest absolute Gasteiger partial charge is 0.317 e. The number of hydrogen-bond acceptors (Lipinski definition) is 2. The number of hydrogen-bond donors (Lipinski definition) is 2. The first-order valence-electron chi connectivity index (χ1n) is 9.27. The molecule has 0 atom stereocenters. The third-order valence-corrected chi connectivity index (χ3v) is 6.21. The molecule has 0 saturated heterocycles. The van der Waals surface area contributed by atoms with Crippen molar-refractivity contribution in [2.24, 2.45) is 17.8 Å². The van der Waals surface area contributed by atoms with Crippen molar-refractivity contribution in [2.45, 2.75) is 57.9 Å². The molecule has 0 heterocycles. The van der Waals surface area contributed by atoms with Gasteiger partial charge in [-0.1, -0.05) is 17.7 Å². The third kappa shape index (κ3) is 3.11. The van der Waals surface area contributed by atoms with Crippen molar-refractivity contribution >= 4 is 6.03 Å². The molecule has 1 aromatic rings. The van der Waals surface area contributed by atoms with Crippen LogP contribution in [0, 0.1) is 31.6 Å². The van der Waals surface area contributed by atoms with Crippen LogP contribution in [-0.4, -0.2) is 18.3 Å². The van der Waals surface area contributed by atoms with Gasteiger partial charge in [-0.2, -0.15) is 0 Å². The van der Waals surface area contributed by atoms with Crippen LogP contribution < -0.4 is 15.4 Å². The molecule has 2 amide bonds. The zero-order valence-electron chi connectivity index (χ0n) is 14.7. The second-order valence-electron chi connectivity index (χ2n) is 8.39. The van der Waals surface area contributed by atoms with Crippen LogP contribution in [0.2, 0.25) is 0 Å². The molecule has 4 aliphatic rings. The van der Waals surface area contributed by atoms with Gasteiger partial charge in [0.2, 0.25) is 0 Å². The molecule has 0 aliphatic heterocycles. The van der Waals surface area contributed by atoms with E-state index < -0.39 is 0 Å². The first-order chi connectivity index (χ1) is 11.5. The molecule has 4 heteroatoms. The monoisotopic (exact) mass is 328 g/mol. The van der Waals surface area contributed by atoms with E-state index in [4.69, 9.17) is 4.74 Å². The Morgan fingerprint density at radius 2 is 1.75 bits per heavy atom. The molecule has 1 aromatic carbocycles. The third-order valence-electron chi connectivity index (χ3n) is 6.21. The van der Waals surface area contributed by atoms with Gasteiger partial charge in [-0.05, 0) is 81.8 Å². The fraction of sp³-hybridized carbons (Fsp3) is 0.650. The number of benzene rings is 1. The van der Waals surface area contributed by atoms with E-state index in [1.165, 1.54) is 44.1 Å². The second kappa shape index (κ2) is 5.98. The summed E-state index contributed by atoms with van der Waals surface area (Å²) in [6.07, 6.45) is 7.67. The molecule has 4 fully saturated rings. The average Bonchev–Trinajstić information content (AvgIpc) is 2.47. The summed E-state index contributed by atoms with van der Waals surface area (Å²) in [6.45, 7) is 4.30. The van der Waals surface area contributed by atoms with E-state index in [2.05, 4.69) is 23.6 Å². The maximum Gasteiger partial charge on any atom is 0.317 e. The highest BCUT2D eigenvalue weighted by Gasteiger charge is 2.51. The molecular formula is C20H28N2O2. The number of ether oxygens (including phenoxy) is 1. The molecule has 0 unspecified atom stereocenters. The summed E-state index contributed by atoms with van der Waals surface area (Å²) in [5.74, 6) is 3.34. The van der Waals surface area contributed by atoms with Crippen LogP contribution >= 0.6 is 0 Å². The molecule has 4 saturated carbocycles. The fourth-order valence-electron chi connectivity index (χ4n) is 5.69. The molecule has 0 aromatic heterocycles. The lowest BCUT2D eigenvalue weighted by molar-refractivity contribution is -0.0137. The minimum absolute atomic E-state index is 0.0542. The van der Waals surface area contributed by atoms with Crippen molar-refractivity contribution in [3.8, 4) is 5.75 Å². The summed E-state index contributed by atoms with van der Waals surface area (Å²) in [6, 6.07) is 5.99. The van der Waals surface area contributed by atoms with Crippen molar-refractivity contribution in [3.05, 3.63) is 29.3 Å². The Kier molecular flexibility index (Phi) is 3.93. The van der Waals surface area contributed by atoms with E-state index in [0.29, 0.717) is 0 Å². The minimum Gasteiger partial charge on any atom is -0.473 e. The van der Waals surface area contributed by atoms with Crippen molar-refractivity contribution < 1.29 is 9.53 Å². The largest absolute Gasteiger partial charge is 0.473 e. The Morgan fingerprint density at radius 1 is 1.12 bits per heavy atom. The number of amides is 2. The van der Waals surface area contributed by atoms with E-state index in [0.717, 1.165) is 29.1 Å². The number of nitrogens with one attached hydrogen (secondary N) is 2. The number of aryl methyl sites for hydroxylation is 2. The molecular weight excluding hydrogens is 300 g/mol. The van der Waals surface area contributed by atoms with Gasteiger partial charge < -0.3 is 15.4 Å². The molecule has 130 valence electrons. The van der Waals surface area contributed by atoms with Gasteiger partial charge in [0.15, 0.2) is 6.73 Å². The van der Waals surface area contributed by atoms with Gasteiger partial charge in [-0.15, -0.1) is 0 Å².